The molecule has 1 N–H and O–H groups in total. The highest BCUT2D eigenvalue weighted by Crippen LogP contribution is 2.43. The van der Waals surface area contributed by atoms with Crippen LogP contribution in [0.4, 0.5) is 0 Å². The number of hydrogen-bond donors (Lipinski definition) is 1. The van der Waals surface area contributed by atoms with E-state index in [4.69, 9.17) is 4.42 Å². The minimum absolute atomic E-state index is 0.0428. The molecular formula is C19H25NO4. The fourth-order valence-corrected chi connectivity index (χ4v) is 3.80. The fraction of sp³-hybridized carbons (Fsp3) is 0.579. The van der Waals surface area contributed by atoms with Crippen LogP contribution in [0.3, 0.4) is 0 Å². The molecule has 130 valence electrons. The van der Waals surface area contributed by atoms with E-state index in [-0.39, 0.29) is 23.3 Å². The summed E-state index contributed by atoms with van der Waals surface area (Å²) in [6, 6.07) is 3.06. The van der Waals surface area contributed by atoms with E-state index in [1.54, 1.807) is 24.8 Å². The standard InChI is InChI=1S/C19H25NO4/c1-11(2)17(21)15-16(14-10-9-12(3)24-14)20(19(23)18(15)22)13-7-5-4-6-8-13/h9-11,13,16,22H,4-8H2,1-3H3. The zero-order chi connectivity index (χ0) is 17.4. The fourth-order valence-electron chi connectivity index (χ4n) is 3.80. The SMILES string of the molecule is Cc1ccc(C2C(C(=O)C(C)C)=C(O)C(=O)N2C2CCCCC2)o1. The highest BCUT2D eigenvalue weighted by Gasteiger charge is 2.48. The zero-order valence-electron chi connectivity index (χ0n) is 14.5. The Balaban J connectivity index is 2.06. The van der Waals surface area contributed by atoms with E-state index in [1.165, 1.54) is 6.42 Å². The molecule has 2 heterocycles. The van der Waals surface area contributed by atoms with Crippen molar-refractivity contribution < 1.29 is 19.1 Å². The second kappa shape index (κ2) is 6.46. The average Bonchev–Trinajstić information content (AvgIpc) is 3.10. The predicted octanol–water partition coefficient (Wildman–Crippen LogP) is 3.84. The van der Waals surface area contributed by atoms with Crippen molar-refractivity contribution in [3.63, 3.8) is 0 Å². The van der Waals surface area contributed by atoms with Crippen molar-refractivity contribution in [1.82, 2.24) is 4.90 Å². The van der Waals surface area contributed by atoms with Crippen LogP contribution in [0.5, 0.6) is 0 Å². The second-order valence-corrected chi connectivity index (χ2v) is 7.14. The number of Topliss-reactive ketones (excluding diaryl/α,β-unsaturated/α-hetero) is 1. The highest BCUT2D eigenvalue weighted by atomic mass is 16.3. The van der Waals surface area contributed by atoms with Crippen molar-refractivity contribution in [3.8, 4) is 0 Å². The van der Waals surface area contributed by atoms with Crippen LogP contribution in [0.15, 0.2) is 27.9 Å². The third kappa shape index (κ3) is 2.76. The number of aryl methyl sites for hydroxylation is 1. The first kappa shape index (κ1) is 16.8. The Morgan fingerprint density at radius 1 is 1.25 bits per heavy atom. The molecule has 1 saturated carbocycles. The van der Waals surface area contributed by atoms with Gasteiger partial charge >= 0.3 is 0 Å². The van der Waals surface area contributed by atoms with Crippen LogP contribution >= 0.6 is 0 Å². The summed E-state index contributed by atoms with van der Waals surface area (Å²) in [5.74, 6) is -0.0513. The van der Waals surface area contributed by atoms with E-state index in [0.717, 1.165) is 31.4 Å². The number of amides is 1. The second-order valence-electron chi connectivity index (χ2n) is 7.14. The van der Waals surface area contributed by atoms with Gasteiger partial charge in [0.2, 0.25) is 0 Å². The molecule has 5 heteroatoms. The maximum absolute atomic E-state index is 12.8. The van der Waals surface area contributed by atoms with Gasteiger partial charge in [0.1, 0.15) is 17.6 Å². The zero-order valence-corrected chi connectivity index (χ0v) is 14.5. The molecule has 1 unspecified atom stereocenters. The summed E-state index contributed by atoms with van der Waals surface area (Å²) in [7, 11) is 0. The number of hydrogen-bond acceptors (Lipinski definition) is 4. The Morgan fingerprint density at radius 3 is 2.46 bits per heavy atom. The van der Waals surface area contributed by atoms with Crippen LogP contribution in [-0.4, -0.2) is 27.7 Å². The van der Waals surface area contributed by atoms with Gasteiger partial charge in [-0.1, -0.05) is 33.1 Å². The monoisotopic (exact) mass is 331 g/mol. The predicted molar refractivity (Wildman–Crippen MR) is 89.4 cm³/mol. The molecule has 0 spiro atoms. The number of aliphatic hydroxyl groups excluding tert-OH is 1. The molecule has 2 aliphatic rings. The van der Waals surface area contributed by atoms with Crippen LogP contribution in [0, 0.1) is 12.8 Å². The molecule has 1 aliphatic heterocycles. The average molecular weight is 331 g/mol. The summed E-state index contributed by atoms with van der Waals surface area (Å²) in [6.07, 6.45) is 5.09. The van der Waals surface area contributed by atoms with Gasteiger partial charge in [-0.2, -0.15) is 0 Å². The molecule has 24 heavy (non-hydrogen) atoms. The van der Waals surface area contributed by atoms with Gasteiger partial charge in [0.15, 0.2) is 11.5 Å². The first-order chi connectivity index (χ1) is 11.4. The van der Waals surface area contributed by atoms with Crippen molar-refractivity contribution in [2.75, 3.05) is 0 Å². The molecule has 1 fully saturated rings. The van der Waals surface area contributed by atoms with Crippen molar-refractivity contribution in [2.24, 2.45) is 5.92 Å². The molecule has 0 aromatic carbocycles. The van der Waals surface area contributed by atoms with Gasteiger partial charge in [0.25, 0.3) is 5.91 Å². The third-order valence-electron chi connectivity index (χ3n) is 5.03. The largest absolute Gasteiger partial charge is 0.503 e. The van der Waals surface area contributed by atoms with Crippen LogP contribution in [0.1, 0.15) is 63.5 Å². The number of rotatable bonds is 4. The maximum atomic E-state index is 12.8. The molecule has 1 aliphatic carbocycles. The normalized spacial score (nSPS) is 22.8. The lowest BCUT2D eigenvalue weighted by atomic mass is 9.90. The third-order valence-corrected chi connectivity index (χ3v) is 5.03. The van der Waals surface area contributed by atoms with Gasteiger partial charge in [-0.05, 0) is 31.9 Å². The summed E-state index contributed by atoms with van der Waals surface area (Å²) in [6.45, 7) is 5.39. The molecule has 5 nitrogen and oxygen atoms in total. The van der Waals surface area contributed by atoms with E-state index in [1.807, 2.05) is 13.0 Å². The first-order valence-electron chi connectivity index (χ1n) is 8.78. The highest BCUT2D eigenvalue weighted by molar-refractivity contribution is 6.09. The lowest BCUT2D eigenvalue weighted by molar-refractivity contribution is -0.132. The van der Waals surface area contributed by atoms with E-state index < -0.39 is 17.7 Å². The minimum atomic E-state index is -0.607. The van der Waals surface area contributed by atoms with E-state index in [2.05, 4.69) is 0 Å². The topological polar surface area (TPSA) is 70.8 Å². The van der Waals surface area contributed by atoms with Crippen LogP contribution < -0.4 is 0 Å². The lowest BCUT2D eigenvalue weighted by Crippen LogP contribution is -2.41. The van der Waals surface area contributed by atoms with Gasteiger partial charge in [0.05, 0.1) is 5.57 Å². The maximum Gasteiger partial charge on any atom is 0.290 e. The molecular weight excluding hydrogens is 306 g/mol. The molecule has 1 aromatic rings. The summed E-state index contributed by atoms with van der Waals surface area (Å²) < 4.78 is 5.75. The first-order valence-corrected chi connectivity index (χ1v) is 8.78. The molecule has 1 aromatic heterocycles. The lowest BCUT2D eigenvalue weighted by Gasteiger charge is -2.35. The molecule has 0 bridgehead atoms. The van der Waals surface area contributed by atoms with Crippen molar-refractivity contribution >= 4 is 11.7 Å². The smallest absolute Gasteiger partial charge is 0.290 e. The number of carbonyl (C=O) groups is 2. The number of ketones is 1. The Kier molecular flexibility index (Phi) is 4.52. The summed E-state index contributed by atoms with van der Waals surface area (Å²) in [4.78, 5) is 27.1. The molecule has 1 atom stereocenters. The number of carbonyl (C=O) groups excluding carboxylic acids is 2. The molecule has 0 radical (unpaired) electrons. The van der Waals surface area contributed by atoms with Crippen molar-refractivity contribution in [3.05, 3.63) is 35.0 Å². The van der Waals surface area contributed by atoms with Gasteiger partial charge in [-0.15, -0.1) is 0 Å². The van der Waals surface area contributed by atoms with Gasteiger partial charge in [0, 0.05) is 12.0 Å². The van der Waals surface area contributed by atoms with Gasteiger partial charge in [-0.3, -0.25) is 9.59 Å². The van der Waals surface area contributed by atoms with E-state index >= 15 is 0 Å². The number of nitrogens with zero attached hydrogens (tertiary/aromatic N) is 1. The van der Waals surface area contributed by atoms with Crippen molar-refractivity contribution in [1.29, 1.82) is 0 Å². The van der Waals surface area contributed by atoms with Crippen LogP contribution in [-0.2, 0) is 9.59 Å². The number of aliphatic hydroxyl groups is 1. The Labute approximate surface area is 142 Å². The van der Waals surface area contributed by atoms with E-state index in [9.17, 15) is 14.7 Å². The van der Waals surface area contributed by atoms with Crippen molar-refractivity contribution in [2.45, 2.75) is 65.0 Å². The summed E-state index contributed by atoms with van der Waals surface area (Å²) >= 11 is 0. The summed E-state index contributed by atoms with van der Waals surface area (Å²) in [5.41, 5.74) is 0.190. The Morgan fingerprint density at radius 2 is 1.92 bits per heavy atom. The van der Waals surface area contributed by atoms with E-state index in [0.29, 0.717) is 5.76 Å². The minimum Gasteiger partial charge on any atom is -0.503 e. The van der Waals surface area contributed by atoms with Crippen LogP contribution in [0.2, 0.25) is 0 Å². The molecule has 3 rings (SSSR count). The Bertz CT molecular complexity index is 679. The molecule has 0 saturated heterocycles. The Hall–Kier alpha value is -2.04. The quantitative estimate of drug-likeness (QED) is 0.910. The van der Waals surface area contributed by atoms with Gasteiger partial charge < -0.3 is 14.4 Å². The molecule has 1 amide bonds. The summed E-state index contributed by atoms with van der Waals surface area (Å²) in [5, 5.41) is 10.4. The number of furan rings is 1. The van der Waals surface area contributed by atoms with Gasteiger partial charge in [-0.25, -0.2) is 0 Å². The van der Waals surface area contributed by atoms with Crippen LogP contribution in [0.25, 0.3) is 0 Å².